The lowest BCUT2D eigenvalue weighted by Crippen LogP contribution is -2.14. The largest absolute Gasteiger partial charge is 0.507 e. The lowest BCUT2D eigenvalue weighted by molar-refractivity contribution is -0.113. The van der Waals surface area contributed by atoms with Crippen LogP contribution in [0.1, 0.15) is 5.76 Å². The van der Waals surface area contributed by atoms with Gasteiger partial charge in [0.05, 0.1) is 5.75 Å². The highest BCUT2D eigenvalue weighted by molar-refractivity contribution is 8.00. The molecule has 6 heteroatoms. The van der Waals surface area contributed by atoms with Gasteiger partial charge in [-0.05, 0) is 19.1 Å². The molecule has 2 rings (SSSR count). The predicted molar refractivity (Wildman–Crippen MR) is 68.7 cm³/mol. The standard InChI is InChI=1S/C12H12N2O3S/c1-8-6-11(14-17-8)13-12(16)7-18-10-5-3-2-4-9(10)15/h2-6,15H,7H2,1H3,(H,13,14,16). The fourth-order valence-electron chi connectivity index (χ4n) is 1.33. The highest BCUT2D eigenvalue weighted by Crippen LogP contribution is 2.27. The van der Waals surface area contributed by atoms with Gasteiger partial charge in [0.2, 0.25) is 5.91 Å². The smallest absolute Gasteiger partial charge is 0.235 e. The minimum Gasteiger partial charge on any atom is -0.507 e. The molecule has 0 fully saturated rings. The van der Waals surface area contributed by atoms with E-state index >= 15 is 0 Å². The molecule has 0 aliphatic rings. The van der Waals surface area contributed by atoms with Crippen molar-refractivity contribution in [1.29, 1.82) is 0 Å². The van der Waals surface area contributed by atoms with Crippen LogP contribution in [0.3, 0.4) is 0 Å². The number of anilines is 1. The van der Waals surface area contributed by atoms with Crippen molar-refractivity contribution in [3.63, 3.8) is 0 Å². The first-order chi connectivity index (χ1) is 8.65. The fourth-order valence-corrected chi connectivity index (χ4v) is 2.08. The monoisotopic (exact) mass is 264 g/mol. The van der Waals surface area contributed by atoms with Crippen molar-refractivity contribution < 1.29 is 14.4 Å². The van der Waals surface area contributed by atoms with E-state index in [0.717, 1.165) is 0 Å². The van der Waals surface area contributed by atoms with Gasteiger partial charge >= 0.3 is 0 Å². The van der Waals surface area contributed by atoms with Crippen LogP contribution in [-0.4, -0.2) is 21.9 Å². The maximum Gasteiger partial charge on any atom is 0.235 e. The number of thioether (sulfide) groups is 1. The van der Waals surface area contributed by atoms with E-state index in [4.69, 9.17) is 4.52 Å². The zero-order chi connectivity index (χ0) is 13.0. The Morgan fingerprint density at radius 2 is 2.28 bits per heavy atom. The predicted octanol–water partition coefficient (Wildman–Crippen LogP) is 2.42. The number of aryl methyl sites for hydroxylation is 1. The van der Waals surface area contributed by atoms with Crippen LogP contribution in [0.2, 0.25) is 0 Å². The zero-order valence-electron chi connectivity index (χ0n) is 9.71. The van der Waals surface area contributed by atoms with Gasteiger partial charge in [-0.15, -0.1) is 11.8 Å². The lowest BCUT2D eigenvalue weighted by atomic mass is 10.3. The van der Waals surface area contributed by atoms with E-state index in [-0.39, 0.29) is 17.4 Å². The number of rotatable bonds is 4. The Balaban J connectivity index is 1.87. The average Bonchev–Trinajstić information content (AvgIpc) is 2.74. The summed E-state index contributed by atoms with van der Waals surface area (Å²) in [5.41, 5.74) is 0. The number of phenolic OH excluding ortho intramolecular Hbond substituents is 1. The van der Waals surface area contributed by atoms with Gasteiger partial charge in [0, 0.05) is 11.0 Å². The molecule has 0 spiro atoms. The van der Waals surface area contributed by atoms with Gasteiger partial charge in [-0.25, -0.2) is 0 Å². The molecule has 2 aromatic rings. The van der Waals surface area contributed by atoms with E-state index in [1.165, 1.54) is 11.8 Å². The van der Waals surface area contributed by atoms with Gasteiger partial charge in [-0.3, -0.25) is 4.79 Å². The number of hydrogen-bond donors (Lipinski definition) is 2. The average molecular weight is 264 g/mol. The van der Waals surface area contributed by atoms with E-state index in [1.54, 1.807) is 37.3 Å². The van der Waals surface area contributed by atoms with Gasteiger partial charge in [0.15, 0.2) is 5.82 Å². The zero-order valence-corrected chi connectivity index (χ0v) is 10.5. The lowest BCUT2D eigenvalue weighted by Gasteiger charge is -2.03. The third kappa shape index (κ3) is 3.27. The molecular formula is C12H12N2O3S. The highest BCUT2D eigenvalue weighted by Gasteiger charge is 2.08. The SMILES string of the molecule is Cc1cc(NC(=O)CSc2ccccc2O)no1. The molecule has 18 heavy (non-hydrogen) atoms. The number of benzene rings is 1. The number of para-hydroxylation sites is 1. The summed E-state index contributed by atoms with van der Waals surface area (Å²) >= 11 is 1.26. The van der Waals surface area contributed by atoms with Crippen LogP contribution in [0.4, 0.5) is 5.82 Å². The Morgan fingerprint density at radius 3 is 2.94 bits per heavy atom. The van der Waals surface area contributed by atoms with Crippen LogP contribution in [0.25, 0.3) is 0 Å². The first-order valence-electron chi connectivity index (χ1n) is 5.29. The fraction of sp³-hybridized carbons (Fsp3) is 0.167. The Labute approximate surface area is 108 Å². The molecule has 0 saturated carbocycles. The summed E-state index contributed by atoms with van der Waals surface area (Å²) in [7, 11) is 0. The quantitative estimate of drug-likeness (QED) is 0.829. The normalized spacial score (nSPS) is 10.3. The Bertz CT molecular complexity index is 554. The van der Waals surface area contributed by atoms with Crippen LogP contribution < -0.4 is 5.32 Å². The number of phenols is 1. The van der Waals surface area contributed by atoms with Gasteiger partial charge < -0.3 is 14.9 Å². The summed E-state index contributed by atoms with van der Waals surface area (Å²) in [5.74, 6) is 1.21. The van der Waals surface area contributed by atoms with Crippen molar-refractivity contribution in [1.82, 2.24) is 5.16 Å². The molecule has 0 bridgehead atoms. The van der Waals surface area contributed by atoms with Gasteiger partial charge in [-0.1, -0.05) is 17.3 Å². The summed E-state index contributed by atoms with van der Waals surface area (Å²) < 4.78 is 4.84. The number of carbonyl (C=O) groups is 1. The molecule has 5 nitrogen and oxygen atoms in total. The number of aromatic hydroxyl groups is 1. The summed E-state index contributed by atoms with van der Waals surface area (Å²) in [6.07, 6.45) is 0. The summed E-state index contributed by atoms with van der Waals surface area (Å²) in [5, 5.41) is 15.8. The molecule has 0 aliphatic carbocycles. The number of nitrogens with zero attached hydrogens (tertiary/aromatic N) is 1. The second kappa shape index (κ2) is 5.59. The molecule has 1 aromatic carbocycles. The summed E-state index contributed by atoms with van der Waals surface area (Å²) in [4.78, 5) is 12.3. The number of hydrogen-bond acceptors (Lipinski definition) is 5. The minimum absolute atomic E-state index is 0.174. The molecule has 0 radical (unpaired) electrons. The van der Waals surface area contributed by atoms with E-state index in [9.17, 15) is 9.90 Å². The maximum absolute atomic E-state index is 11.6. The van der Waals surface area contributed by atoms with Gasteiger partial charge in [0.25, 0.3) is 0 Å². The molecule has 0 atom stereocenters. The van der Waals surface area contributed by atoms with Crippen LogP contribution >= 0.6 is 11.8 Å². The topological polar surface area (TPSA) is 75.4 Å². The second-order valence-electron chi connectivity index (χ2n) is 3.63. The third-order valence-corrected chi connectivity index (χ3v) is 3.18. The van der Waals surface area contributed by atoms with E-state index < -0.39 is 0 Å². The molecule has 0 unspecified atom stereocenters. The maximum atomic E-state index is 11.6. The molecule has 2 N–H and O–H groups in total. The second-order valence-corrected chi connectivity index (χ2v) is 4.64. The minimum atomic E-state index is -0.198. The summed E-state index contributed by atoms with van der Waals surface area (Å²) in [6, 6.07) is 8.52. The Hall–Kier alpha value is -1.95. The van der Waals surface area contributed by atoms with Crippen molar-refractivity contribution in [2.75, 3.05) is 11.1 Å². The van der Waals surface area contributed by atoms with Crippen molar-refractivity contribution >= 4 is 23.5 Å². The number of nitrogens with one attached hydrogen (secondary N) is 1. The molecule has 1 amide bonds. The van der Waals surface area contributed by atoms with Gasteiger partial charge in [-0.2, -0.15) is 0 Å². The number of amides is 1. The van der Waals surface area contributed by atoms with Crippen LogP contribution in [0.5, 0.6) is 5.75 Å². The van der Waals surface area contributed by atoms with Crippen LogP contribution in [0.15, 0.2) is 39.8 Å². The van der Waals surface area contributed by atoms with Crippen molar-refractivity contribution in [2.45, 2.75) is 11.8 Å². The van der Waals surface area contributed by atoms with Crippen molar-refractivity contribution in [3.05, 3.63) is 36.1 Å². The van der Waals surface area contributed by atoms with Crippen molar-refractivity contribution in [2.24, 2.45) is 0 Å². The summed E-state index contributed by atoms with van der Waals surface area (Å²) in [6.45, 7) is 1.75. The van der Waals surface area contributed by atoms with E-state index in [2.05, 4.69) is 10.5 Å². The first-order valence-corrected chi connectivity index (χ1v) is 6.27. The van der Waals surface area contributed by atoms with Gasteiger partial charge in [0.1, 0.15) is 11.5 Å². The van der Waals surface area contributed by atoms with Crippen LogP contribution in [0, 0.1) is 6.92 Å². The third-order valence-electron chi connectivity index (χ3n) is 2.12. The molecular weight excluding hydrogens is 252 g/mol. The first kappa shape index (κ1) is 12.5. The van der Waals surface area contributed by atoms with Crippen molar-refractivity contribution in [3.8, 4) is 5.75 Å². The molecule has 1 aromatic heterocycles. The number of aromatic nitrogens is 1. The number of carbonyl (C=O) groups excluding carboxylic acids is 1. The van der Waals surface area contributed by atoms with E-state index in [1.807, 2.05) is 0 Å². The Morgan fingerprint density at radius 1 is 1.50 bits per heavy atom. The van der Waals surface area contributed by atoms with Crippen LogP contribution in [-0.2, 0) is 4.79 Å². The van der Waals surface area contributed by atoms with E-state index in [0.29, 0.717) is 16.5 Å². The molecule has 1 heterocycles. The highest BCUT2D eigenvalue weighted by atomic mass is 32.2. The molecule has 0 aliphatic heterocycles. The molecule has 0 saturated heterocycles. The molecule has 94 valence electrons. The Kier molecular flexibility index (Phi) is 3.88.